The molecule has 0 atom stereocenters. The average Bonchev–Trinajstić information content (AvgIpc) is 2.16. The molecule has 0 aliphatic rings. The lowest BCUT2D eigenvalue weighted by Gasteiger charge is -2.01. The van der Waals surface area contributed by atoms with Gasteiger partial charge in [-0.2, -0.15) is 0 Å². The monoisotopic (exact) mass is 191 g/mol. The van der Waals surface area contributed by atoms with Crippen LogP contribution in [0.15, 0.2) is 24.8 Å². The van der Waals surface area contributed by atoms with Gasteiger partial charge in [-0.1, -0.05) is 12.7 Å². The second kappa shape index (κ2) is 3.74. The first-order valence-corrected chi connectivity index (χ1v) is 3.85. The third-order valence-corrected chi connectivity index (χ3v) is 1.72. The van der Waals surface area contributed by atoms with Crippen LogP contribution < -0.4 is 5.73 Å². The molecule has 0 saturated carbocycles. The summed E-state index contributed by atoms with van der Waals surface area (Å²) in [6.07, 6.45) is 1.46. The van der Waals surface area contributed by atoms with E-state index < -0.39 is 11.9 Å². The molecule has 0 aliphatic heterocycles. The molecule has 0 heterocycles. The summed E-state index contributed by atoms with van der Waals surface area (Å²) in [5.41, 5.74) is 5.79. The Balaban J connectivity index is 3.34. The molecule has 0 bridgehead atoms. The van der Waals surface area contributed by atoms with E-state index in [0.29, 0.717) is 5.56 Å². The number of hydrogen-bond donors (Lipinski definition) is 2. The van der Waals surface area contributed by atoms with Crippen LogP contribution in [-0.2, 0) is 0 Å². The average molecular weight is 191 g/mol. The summed E-state index contributed by atoms with van der Waals surface area (Å²) >= 11 is 0. The van der Waals surface area contributed by atoms with E-state index in [-0.39, 0.29) is 11.1 Å². The van der Waals surface area contributed by atoms with Crippen molar-refractivity contribution < 1.29 is 14.7 Å². The number of aromatic carboxylic acids is 1. The van der Waals surface area contributed by atoms with Crippen molar-refractivity contribution in [1.82, 2.24) is 0 Å². The van der Waals surface area contributed by atoms with Gasteiger partial charge in [0.15, 0.2) is 0 Å². The molecule has 0 spiro atoms. The molecule has 1 amide bonds. The summed E-state index contributed by atoms with van der Waals surface area (Å²) < 4.78 is 0. The summed E-state index contributed by atoms with van der Waals surface area (Å²) in [6, 6.07) is 4.14. The molecule has 0 aliphatic carbocycles. The molecule has 1 rings (SSSR count). The minimum absolute atomic E-state index is 0.0243. The minimum atomic E-state index is -1.10. The van der Waals surface area contributed by atoms with Crippen LogP contribution in [-0.4, -0.2) is 17.0 Å². The Morgan fingerprint density at radius 3 is 2.29 bits per heavy atom. The number of primary amides is 1. The molecule has 0 fully saturated rings. The van der Waals surface area contributed by atoms with E-state index in [1.807, 2.05) is 0 Å². The molecule has 1 aromatic rings. The maximum Gasteiger partial charge on any atom is 0.335 e. The fourth-order valence-corrected chi connectivity index (χ4v) is 1.04. The van der Waals surface area contributed by atoms with Gasteiger partial charge < -0.3 is 10.8 Å². The van der Waals surface area contributed by atoms with Crippen molar-refractivity contribution in [2.45, 2.75) is 0 Å². The zero-order valence-electron chi connectivity index (χ0n) is 7.36. The van der Waals surface area contributed by atoms with E-state index in [1.54, 1.807) is 0 Å². The Labute approximate surface area is 80.7 Å². The molecule has 0 aromatic heterocycles. The third kappa shape index (κ3) is 1.98. The Morgan fingerprint density at radius 2 is 1.86 bits per heavy atom. The molecule has 0 saturated heterocycles. The first-order valence-electron chi connectivity index (χ1n) is 3.85. The number of benzene rings is 1. The van der Waals surface area contributed by atoms with Gasteiger partial charge in [-0.15, -0.1) is 0 Å². The predicted octanol–water partition coefficient (Wildman–Crippen LogP) is 1.13. The van der Waals surface area contributed by atoms with Gasteiger partial charge >= 0.3 is 5.97 Å². The Hall–Kier alpha value is -2.10. The van der Waals surface area contributed by atoms with E-state index in [9.17, 15) is 9.59 Å². The molecule has 3 N–H and O–H groups in total. The normalized spacial score (nSPS) is 9.43. The number of carboxylic acids is 1. The van der Waals surface area contributed by atoms with Crippen LogP contribution in [0.3, 0.4) is 0 Å². The van der Waals surface area contributed by atoms with Crippen molar-refractivity contribution in [2.24, 2.45) is 5.73 Å². The van der Waals surface area contributed by atoms with Crippen LogP contribution in [0.25, 0.3) is 6.08 Å². The maximum atomic E-state index is 10.8. The second-order valence-corrected chi connectivity index (χ2v) is 2.72. The number of carboxylic acid groups (broad SMARTS) is 1. The number of hydrogen-bond acceptors (Lipinski definition) is 2. The smallest absolute Gasteiger partial charge is 0.335 e. The van der Waals surface area contributed by atoms with Crippen molar-refractivity contribution in [3.63, 3.8) is 0 Å². The van der Waals surface area contributed by atoms with E-state index in [0.717, 1.165) is 0 Å². The van der Waals surface area contributed by atoms with Crippen LogP contribution in [0.1, 0.15) is 26.3 Å². The highest BCUT2D eigenvalue weighted by Gasteiger charge is 2.08. The van der Waals surface area contributed by atoms with Crippen molar-refractivity contribution in [3.8, 4) is 0 Å². The van der Waals surface area contributed by atoms with E-state index in [4.69, 9.17) is 10.8 Å². The third-order valence-electron chi connectivity index (χ3n) is 1.72. The minimum Gasteiger partial charge on any atom is -0.478 e. The summed E-state index contributed by atoms with van der Waals surface area (Å²) in [7, 11) is 0. The van der Waals surface area contributed by atoms with Crippen molar-refractivity contribution in [1.29, 1.82) is 0 Å². The summed E-state index contributed by atoms with van der Waals surface area (Å²) in [4.78, 5) is 21.5. The highest BCUT2D eigenvalue weighted by atomic mass is 16.4. The molecule has 0 radical (unpaired) electrons. The number of carbonyl (C=O) groups excluding carboxylic acids is 1. The Bertz CT molecular complexity index is 378. The standard InChI is InChI=1S/C10H9NO3/c1-2-6-3-7(9(11)12)5-8(4-6)10(13)14/h2-5H,1H2,(H2,11,12)(H,13,14). The van der Waals surface area contributed by atoms with Crippen LogP contribution in [0.4, 0.5) is 0 Å². The molecular formula is C10H9NO3. The predicted molar refractivity (Wildman–Crippen MR) is 52.0 cm³/mol. The van der Waals surface area contributed by atoms with Gasteiger partial charge in [0.25, 0.3) is 0 Å². The first kappa shape index (κ1) is 9.98. The zero-order chi connectivity index (χ0) is 10.7. The van der Waals surface area contributed by atoms with Gasteiger partial charge in [0.2, 0.25) is 5.91 Å². The van der Waals surface area contributed by atoms with Crippen LogP contribution >= 0.6 is 0 Å². The second-order valence-electron chi connectivity index (χ2n) is 2.72. The van der Waals surface area contributed by atoms with Crippen LogP contribution in [0.5, 0.6) is 0 Å². The Morgan fingerprint density at radius 1 is 1.29 bits per heavy atom. The van der Waals surface area contributed by atoms with Crippen LogP contribution in [0, 0.1) is 0 Å². The lowest BCUT2D eigenvalue weighted by Crippen LogP contribution is -2.12. The summed E-state index contributed by atoms with van der Waals surface area (Å²) in [5.74, 6) is -1.76. The fourth-order valence-electron chi connectivity index (χ4n) is 1.04. The Kier molecular flexibility index (Phi) is 2.67. The molecule has 1 aromatic carbocycles. The lowest BCUT2D eigenvalue weighted by atomic mass is 10.1. The first-order chi connectivity index (χ1) is 6.54. The number of nitrogens with two attached hydrogens (primary N) is 1. The van der Waals surface area contributed by atoms with E-state index >= 15 is 0 Å². The van der Waals surface area contributed by atoms with E-state index in [2.05, 4.69) is 6.58 Å². The number of rotatable bonds is 3. The molecule has 0 unspecified atom stereocenters. The van der Waals surface area contributed by atoms with Gasteiger partial charge in [-0.25, -0.2) is 4.79 Å². The SMILES string of the molecule is C=Cc1cc(C(N)=O)cc(C(=O)O)c1. The zero-order valence-corrected chi connectivity index (χ0v) is 7.36. The molecule has 14 heavy (non-hydrogen) atoms. The largest absolute Gasteiger partial charge is 0.478 e. The van der Waals surface area contributed by atoms with Gasteiger partial charge in [0.1, 0.15) is 0 Å². The highest BCUT2D eigenvalue weighted by Crippen LogP contribution is 2.11. The fraction of sp³-hybridized carbons (Fsp3) is 0. The molecule has 4 nitrogen and oxygen atoms in total. The van der Waals surface area contributed by atoms with Crippen molar-refractivity contribution >= 4 is 18.0 Å². The molecule has 4 heteroatoms. The highest BCUT2D eigenvalue weighted by molar-refractivity contribution is 5.97. The number of carbonyl (C=O) groups is 2. The lowest BCUT2D eigenvalue weighted by molar-refractivity contribution is 0.0697. The van der Waals surface area contributed by atoms with Gasteiger partial charge in [0.05, 0.1) is 5.56 Å². The van der Waals surface area contributed by atoms with Crippen LogP contribution in [0.2, 0.25) is 0 Å². The maximum absolute atomic E-state index is 10.8. The van der Waals surface area contributed by atoms with Gasteiger partial charge in [-0.3, -0.25) is 4.79 Å². The van der Waals surface area contributed by atoms with Gasteiger partial charge in [-0.05, 0) is 23.8 Å². The molecule has 72 valence electrons. The molecular weight excluding hydrogens is 182 g/mol. The summed E-state index contributed by atoms with van der Waals surface area (Å²) in [6.45, 7) is 3.49. The van der Waals surface area contributed by atoms with Crippen molar-refractivity contribution in [2.75, 3.05) is 0 Å². The van der Waals surface area contributed by atoms with E-state index in [1.165, 1.54) is 24.3 Å². The quantitative estimate of drug-likeness (QED) is 0.751. The summed E-state index contributed by atoms with van der Waals surface area (Å²) in [5, 5.41) is 8.72. The van der Waals surface area contributed by atoms with Gasteiger partial charge in [0, 0.05) is 5.56 Å². The van der Waals surface area contributed by atoms with Crippen molar-refractivity contribution in [3.05, 3.63) is 41.5 Å². The topological polar surface area (TPSA) is 80.4 Å². The number of amides is 1.